The summed E-state index contributed by atoms with van der Waals surface area (Å²) in [6.45, 7) is 0. The molecule has 0 unspecified atom stereocenters. The van der Waals surface area contributed by atoms with Gasteiger partial charge in [0.15, 0.2) is 5.69 Å². The number of rotatable bonds is 1. The predicted octanol–water partition coefficient (Wildman–Crippen LogP) is 4.07. The molecule has 0 saturated heterocycles. The number of halogens is 3. The Bertz CT molecular complexity index is 1280. The van der Waals surface area contributed by atoms with E-state index in [-0.39, 0.29) is 11.3 Å². The fraction of sp³-hybridized carbons (Fsp3) is 0.0588. The molecule has 5 rings (SSSR count). The Kier molecular flexibility index (Phi) is 2.85. The Labute approximate surface area is 143 Å². The van der Waals surface area contributed by atoms with E-state index in [2.05, 4.69) is 30.4 Å². The molecule has 0 atom stereocenters. The number of benzene rings is 1. The molecule has 26 heavy (non-hydrogen) atoms. The molecule has 0 fully saturated rings. The molecule has 0 aliphatic rings. The third-order valence-corrected chi connectivity index (χ3v) is 4.34. The van der Waals surface area contributed by atoms with Crippen molar-refractivity contribution in [3.63, 3.8) is 0 Å². The van der Waals surface area contributed by atoms with Gasteiger partial charge in [0.25, 0.3) is 0 Å². The fourth-order valence-corrected chi connectivity index (χ4v) is 3.26. The molecule has 4 aromatic heterocycles. The van der Waals surface area contributed by atoms with Gasteiger partial charge in [-0.05, 0) is 23.6 Å². The molecule has 0 aliphatic carbocycles. The number of aromatic amines is 2. The van der Waals surface area contributed by atoms with Crippen LogP contribution in [-0.2, 0) is 6.18 Å². The molecule has 2 N–H and O–H groups in total. The van der Waals surface area contributed by atoms with Crippen LogP contribution in [0.5, 0.6) is 0 Å². The molecule has 0 amide bonds. The van der Waals surface area contributed by atoms with Crippen molar-refractivity contribution in [2.45, 2.75) is 6.18 Å². The Balaban J connectivity index is 1.96. The van der Waals surface area contributed by atoms with E-state index in [1.54, 1.807) is 30.6 Å². The van der Waals surface area contributed by atoms with E-state index < -0.39 is 11.9 Å². The second-order valence-electron chi connectivity index (χ2n) is 5.82. The first-order valence-electron chi connectivity index (χ1n) is 7.65. The standard InChI is InChI=1S/C17H9F3N6/c18-17(19,20)16-11(7-23-26-16)15-9-5-21-4-3-8(9)14-10-6-22-25-12(10)1-2-13(14)24-15/h1-7H,(H,22,25)(H,23,26). The van der Waals surface area contributed by atoms with Crippen LogP contribution in [-0.4, -0.2) is 30.4 Å². The van der Waals surface area contributed by atoms with E-state index in [1.165, 1.54) is 12.4 Å². The van der Waals surface area contributed by atoms with Crippen molar-refractivity contribution >= 4 is 32.6 Å². The summed E-state index contributed by atoms with van der Waals surface area (Å²) in [5, 5.41) is 15.5. The van der Waals surface area contributed by atoms with E-state index in [0.29, 0.717) is 10.9 Å². The van der Waals surface area contributed by atoms with Crippen molar-refractivity contribution < 1.29 is 13.2 Å². The normalized spacial score (nSPS) is 12.4. The third-order valence-electron chi connectivity index (χ3n) is 4.34. The van der Waals surface area contributed by atoms with E-state index >= 15 is 0 Å². The van der Waals surface area contributed by atoms with Crippen LogP contribution in [0.2, 0.25) is 0 Å². The van der Waals surface area contributed by atoms with E-state index in [0.717, 1.165) is 21.7 Å². The molecule has 0 radical (unpaired) electrons. The van der Waals surface area contributed by atoms with Crippen molar-refractivity contribution in [2.24, 2.45) is 0 Å². The van der Waals surface area contributed by atoms with Crippen molar-refractivity contribution in [3.05, 3.63) is 48.7 Å². The molecule has 5 aromatic rings. The summed E-state index contributed by atoms with van der Waals surface area (Å²) >= 11 is 0. The predicted molar refractivity (Wildman–Crippen MR) is 89.3 cm³/mol. The zero-order chi connectivity index (χ0) is 17.9. The summed E-state index contributed by atoms with van der Waals surface area (Å²) in [6.07, 6.45) is 1.42. The minimum absolute atomic E-state index is 0.107. The minimum atomic E-state index is -4.59. The lowest BCUT2D eigenvalue weighted by molar-refractivity contribution is -0.140. The second-order valence-corrected chi connectivity index (χ2v) is 5.82. The van der Waals surface area contributed by atoms with Crippen LogP contribution in [0.3, 0.4) is 0 Å². The molecular formula is C17H9F3N6. The summed E-state index contributed by atoms with van der Waals surface area (Å²) in [5.41, 5.74) is 0.472. The Hall–Kier alpha value is -3.49. The van der Waals surface area contributed by atoms with Gasteiger partial charge in [-0.25, -0.2) is 4.98 Å². The number of alkyl halides is 3. The Morgan fingerprint density at radius 2 is 1.85 bits per heavy atom. The highest BCUT2D eigenvalue weighted by Crippen LogP contribution is 2.39. The summed E-state index contributed by atoms with van der Waals surface area (Å²) in [6, 6.07) is 5.32. The molecule has 1 aromatic carbocycles. The summed E-state index contributed by atoms with van der Waals surface area (Å²) in [5.74, 6) is 0. The Morgan fingerprint density at radius 3 is 2.69 bits per heavy atom. The molecule has 4 heterocycles. The molecule has 6 nitrogen and oxygen atoms in total. The number of pyridine rings is 2. The van der Waals surface area contributed by atoms with Gasteiger partial charge in [0.05, 0.1) is 28.5 Å². The summed E-state index contributed by atoms with van der Waals surface area (Å²) in [4.78, 5) is 8.58. The first-order valence-corrected chi connectivity index (χ1v) is 7.65. The first-order chi connectivity index (χ1) is 12.5. The molecule has 0 bridgehead atoms. The van der Waals surface area contributed by atoms with Gasteiger partial charge in [0, 0.05) is 34.7 Å². The van der Waals surface area contributed by atoms with Gasteiger partial charge in [-0.3, -0.25) is 15.2 Å². The number of aromatic nitrogens is 6. The number of hydrogen-bond acceptors (Lipinski definition) is 4. The maximum Gasteiger partial charge on any atom is 0.435 e. The lowest BCUT2D eigenvalue weighted by atomic mass is 10.00. The fourth-order valence-electron chi connectivity index (χ4n) is 3.26. The third kappa shape index (κ3) is 2.00. The van der Waals surface area contributed by atoms with E-state index in [4.69, 9.17) is 0 Å². The SMILES string of the molecule is FC(F)(F)c1n[nH]cc1-c1nc2ccc3[nH]ncc3c2c2ccncc12. The average Bonchev–Trinajstić information content (AvgIpc) is 3.29. The first kappa shape index (κ1) is 14.8. The van der Waals surface area contributed by atoms with Gasteiger partial charge in [0.2, 0.25) is 0 Å². The van der Waals surface area contributed by atoms with Gasteiger partial charge in [-0.1, -0.05) is 0 Å². The topological polar surface area (TPSA) is 83.1 Å². The summed E-state index contributed by atoms with van der Waals surface area (Å²) < 4.78 is 39.9. The van der Waals surface area contributed by atoms with Crippen LogP contribution in [0, 0.1) is 0 Å². The highest BCUT2D eigenvalue weighted by Gasteiger charge is 2.37. The molecule has 0 saturated carbocycles. The monoisotopic (exact) mass is 354 g/mol. The number of nitrogens with one attached hydrogen (secondary N) is 2. The van der Waals surface area contributed by atoms with Crippen LogP contribution in [0.1, 0.15) is 5.69 Å². The van der Waals surface area contributed by atoms with Gasteiger partial charge >= 0.3 is 6.18 Å². The van der Waals surface area contributed by atoms with Crippen LogP contribution >= 0.6 is 0 Å². The highest BCUT2D eigenvalue weighted by molar-refractivity contribution is 6.20. The molecular weight excluding hydrogens is 345 g/mol. The second kappa shape index (κ2) is 5.01. The quantitative estimate of drug-likeness (QED) is 0.445. The maximum absolute atomic E-state index is 13.3. The molecule has 0 spiro atoms. The largest absolute Gasteiger partial charge is 0.435 e. The number of hydrogen-bond donors (Lipinski definition) is 2. The van der Waals surface area contributed by atoms with Crippen molar-refractivity contribution in [3.8, 4) is 11.3 Å². The lowest BCUT2D eigenvalue weighted by Crippen LogP contribution is -2.08. The van der Waals surface area contributed by atoms with Crippen molar-refractivity contribution in [2.75, 3.05) is 0 Å². The number of H-pyrrole nitrogens is 2. The number of fused-ring (bicyclic) bond motifs is 5. The van der Waals surface area contributed by atoms with Crippen LogP contribution < -0.4 is 0 Å². The minimum Gasteiger partial charge on any atom is -0.284 e. The molecule has 128 valence electrons. The van der Waals surface area contributed by atoms with Crippen molar-refractivity contribution in [1.82, 2.24) is 30.4 Å². The van der Waals surface area contributed by atoms with Gasteiger partial charge in [0.1, 0.15) is 0 Å². The van der Waals surface area contributed by atoms with Gasteiger partial charge in [-0.15, -0.1) is 0 Å². The smallest absolute Gasteiger partial charge is 0.284 e. The average molecular weight is 354 g/mol. The molecule has 0 aliphatic heterocycles. The van der Waals surface area contributed by atoms with Crippen LogP contribution in [0.4, 0.5) is 13.2 Å². The van der Waals surface area contributed by atoms with Crippen molar-refractivity contribution in [1.29, 1.82) is 0 Å². The lowest BCUT2D eigenvalue weighted by Gasteiger charge is -2.11. The molecule has 9 heteroatoms. The highest BCUT2D eigenvalue weighted by atomic mass is 19.4. The van der Waals surface area contributed by atoms with Crippen LogP contribution in [0.15, 0.2) is 43.0 Å². The number of nitrogens with zero attached hydrogens (tertiary/aromatic N) is 4. The zero-order valence-electron chi connectivity index (χ0n) is 13.0. The Morgan fingerprint density at radius 1 is 0.962 bits per heavy atom. The summed E-state index contributed by atoms with van der Waals surface area (Å²) in [7, 11) is 0. The zero-order valence-corrected chi connectivity index (χ0v) is 13.0. The van der Waals surface area contributed by atoms with Gasteiger partial charge in [-0.2, -0.15) is 23.4 Å². The van der Waals surface area contributed by atoms with Crippen LogP contribution in [0.25, 0.3) is 43.8 Å². The van der Waals surface area contributed by atoms with E-state index in [9.17, 15) is 13.2 Å². The van der Waals surface area contributed by atoms with E-state index in [1.807, 2.05) is 0 Å². The van der Waals surface area contributed by atoms with Gasteiger partial charge < -0.3 is 0 Å². The maximum atomic E-state index is 13.3.